The van der Waals surface area contributed by atoms with Gasteiger partial charge in [0.15, 0.2) is 0 Å². The summed E-state index contributed by atoms with van der Waals surface area (Å²) in [5, 5.41) is 8.17. The summed E-state index contributed by atoms with van der Waals surface area (Å²) in [6.07, 6.45) is 0. The van der Waals surface area contributed by atoms with Crippen LogP contribution in [0.1, 0.15) is 0 Å². The Morgan fingerprint density at radius 1 is 1.13 bits per heavy atom. The Morgan fingerprint density at radius 2 is 1.74 bits per heavy atom. The van der Waals surface area contributed by atoms with Crippen LogP contribution in [0, 0.1) is 0 Å². The number of aromatic nitrogens is 3. The van der Waals surface area contributed by atoms with E-state index in [1.54, 1.807) is 24.3 Å². The van der Waals surface area contributed by atoms with Crippen LogP contribution in [0.4, 0.5) is 0 Å². The summed E-state index contributed by atoms with van der Waals surface area (Å²) < 4.78 is 10.2. The minimum absolute atomic E-state index is 0.0964. The Morgan fingerprint density at radius 3 is 2.35 bits per heavy atom. The first-order valence-corrected chi connectivity index (χ1v) is 6.73. The minimum atomic E-state index is -0.546. The molecule has 0 unspecified atom stereocenters. The highest BCUT2D eigenvalue weighted by molar-refractivity contribution is 5.76. The lowest BCUT2D eigenvalue weighted by Crippen LogP contribution is -2.40. The number of esters is 2. The number of rotatable bonds is 6. The summed E-state index contributed by atoms with van der Waals surface area (Å²) in [7, 11) is 2.47. The maximum Gasteiger partial charge on any atom is 0.319 e. The van der Waals surface area contributed by atoms with E-state index in [2.05, 4.69) is 19.8 Å². The highest BCUT2D eigenvalue weighted by Crippen LogP contribution is 2.04. The molecular formula is C14H16N4O5. The van der Waals surface area contributed by atoms with Gasteiger partial charge in [-0.1, -0.05) is 17.3 Å². The van der Waals surface area contributed by atoms with Gasteiger partial charge in [0.2, 0.25) is 0 Å². The molecule has 2 rings (SSSR count). The second kappa shape index (κ2) is 7.45. The molecule has 9 nitrogen and oxygen atoms in total. The normalized spacial score (nSPS) is 10.7. The van der Waals surface area contributed by atoms with Crippen LogP contribution in [-0.4, -0.2) is 59.1 Å². The number of hydrogen-bond acceptors (Lipinski definition) is 8. The summed E-state index contributed by atoms with van der Waals surface area (Å²) in [4.78, 5) is 36.6. The predicted octanol–water partition coefficient (Wildman–Crippen LogP) is -0.603. The molecule has 0 spiro atoms. The second-order valence-corrected chi connectivity index (χ2v) is 4.69. The molecule has 23 heavy (non-hydrogen) atoms. The molecule has 1 aromatic carbocycles. The van der Waals surface area contributed by atoms with Crippen molar-refractivity contribution in [2.24, 2.45) is 0 Å². The smallest absolute Gasteiger partial charge is 0.319 e. The molecule has 0 fully saturated rings. The standard InChI is InChI=1S/C14H16N4O5/c1-22-12(19)7-17(8-13(20)23-2)9-18-14(21)10-5-3-4-6-11(10)15-16-18/h3-6H,7-9H2,1-2H3. The predicted molar refractivity (Wildman–Crippen MR) is 79.4 cm³/mol. The van der Waals surface area contributed by atoms with Crippen LogP contribution in [0.15, 0.2) is 29.1 Å². The largest absolute Gasteiger partial charge is 0.468 e. The Balaban J connectivity index is 2.27. The molecule has 0 aliphatic heterocycles. The summed E-state index contributed by atoms with van der Waals surface area (Å²) in [6, 6.07) is 6.78. The van der Waals surface area contributed by atoms with Crippen molar-refractivity contribution < 1.29 is 19.1 Å². The van der Waals surface area contributed by atoms with Gasteiger partial charge in [-0.25, -0.2) is 0 Å². The fourth-order valence-corrected chi connectivity index (χ4v) is 1.96. The first-order chi connectivity index (χ1) is 11.0. The molecule has 0 radical (unpaired) electrons. The molecule has 2 aromatic rings. The van der Waals surface area contributed by atoms with E-state index < -0.39 is 11.9 Å². The Hall–Kier alpha value is -2.81. The van der Waals surface area contributed by atoms with Gasteiger partial charge in [-0.15, -0.1) is 5.10 Å². The number of carbonyl (C=O) groups is 2. The summed E-state index contributed by atoms with van der Waals surface area (Å²) >= 11 is 0. The molecule has 0 atom stereocenters. The van der Waals surface area contributed by atoms with Crippen LogP contribution in [0.3, 0.4) is 0 Å². The van der Waals surface area contributed by atoms with Gasteiger partial charge in [0.1, 0.15) is 5.52 Å². The summed E-state index contributed by atoms with van der Waals surface area (Å²) in [6.45, 7) is -0.472. The fraction of sp³-hybridized carbons (Fsp3) is 0.357. The van der Waals surface area contributed by atoms with Crippen molar-refractivity contribution in [1.82, 2.24) is 19.9 Å². The Kier molecular flexibility index (Phi) is 5.36. The number of carbonyl (C=O) groups excluding carboxylic acids is 2. The molecule has 1 aromatic heterocycles. The highest BCUT2D eigenvalue weighted by Gasteiger charge is 2.17. The minimum Gasteiger partial charge on any atom is -0.468 e. The average molecular weight is 320 g/mol. The number of hydrogen-bond donors (Lipinski definition) is 0. The molecule has 0 aliphatic carbocycles. The van der Waals surface area contributed by atoms with Crippen LogP contribution in [0.5, 0.6) is 0 Å². The van der Waals surface area contributed by atoms with Crippen molar-refractivity contribution in [2.45, 2.75) is 6.67 Å². The highest BCUT2D eigenvalue weighted by atomic mass is 16.5. The van der Waals surface area contributed by atoms with Gasteiger partial charge in [-0.05, 0) is 12.1 Å². The zero-order valence-electron chi connectivity index (χ0n) is 12.8. The zero-order chi connectivity index (χ0) is 16.8. The van der Waals surface area contributed by atoms with E-state index in [0.29, 0.717) is 10.9 Å². The lowest BCUT2D eigenvalue weighted by molar-refractivity contribution is -0.146. The van der Waals surface area contributed by atoms with Crippen molar-refractivity contribution in [3.63, 3.8) is 0 Å². The van der Waals surface area contributed by atoms with E-state index in [0.717, 1.165) is 4.68 Å². The molecule has 0 saturated carbocycles. The Bertz CT molecular complexity index is 755. The van der Waals surface area contributed by atoms with Crippen LogP contribution in [-0.2, 0) is 25.7 Å². The van der Waals surface area contributed by atoms with Crippen molar-refractivity contribution in [2.75, 3.05) is 27.3 Å². The van der Waals surface area contributed by atoms with Crippen LogP contribution >= 0.6 is 0 Å². The number of methoxy groups -OCH3 is 2. The van der Waals surface area contributed by atoms with Gasteiger partial charge in [0.25, 0.3) is 5.56 Å². The maximum atomic E-state index is 12.4. The molecule has 0 amide bonds. The molecule has 0 aliphatic rings. The maximum absolute atomic E-state index is 12.4. The monoisotopic (exact) mass is 320 g/mol. The first-order valence-electron chi connectivity index (χ1n) is 6.73. The molecular weight excluding hydrogens is 304 g/mol. The third-order valence-corrected chi connectivity index (χ3v) is 3.12. The fourth-order valence-electron chi connectivity index (χ4n) is 1.96. The van der Waals surface area contributed by atoms with E-state index in [9.17, 15) is 14.4 Å². The van der Waals surface area contributed by atoms with Crippen LogP contribution < -0.4 is 5.56 Å². The number of benzene rings is 1. The molecule has 1 heterocycles. The van der Waals surface area contributed by atoms with Crippen molar-refractivity contribution in [1.29, 1.82) is 0 Å². The molecule has 9 heteroatoms. The topological polar surface area (TPSA) is 104 Å². The van der Waals surface area contributed by atoms with E-state index in [1.807, 2.05) is 0 Å². The third kappa shape index (κ3) is 4.10. The molecule has 0 bridgehead atoms. The van der Waals surface area contributed by atoms with Gasteiger partial charge in [0, 0.05) is 0 Å². The third-order valence-electron chi connectivity index (χ3n) is 3.12. The Labute approximate surface area is 131 Å². The van der Waals surface area contributed by atoms with E-state index in [4.69, 9.17) is 0 Å². The number of fused-ring (bicyclic) bond motifs is 1. The second-order valence-electron chi connectivity index (χ2n) is 4.69. The van der Waals surface area contributed by atoms with Gasteiger partial charge in [-0.2, -0.15) is 4.68 Å². The van der Waals surface area contributed by atoms with Gasteiger partial charge in [-0.3, -0.25) is 19.3 Å². The van der Waals surface area contributed by atoms with E-state index in [1.165, 1.54) is 19.1 Å². The van der Waals surface area contributed by atoms with E-state index in [-0.39, 0.29) is 25.3 Å². The quantitative estimate of drug-likeness (QED) is 0.650. The van der Waals surface area contributed by atoms with Crippen molar-refractivity contribution in [3.05, 3.63) is 34.6 Å². The zero-order valence-corrected chi connectivity index (χ0v) is 12.8. The molecule has 0 N–H and O–H groups in total. The van der Waals surface area contributed by atoms with Gasteiger partial charge >= 0.3 is 11.9 Å². The van der Waals surface area contributed by atoms with Crippen LogP contribution in [0.2, 0.25) is 0 Å². The van der Waals surface area contributed by atoms with Gasteiger partial charge < -0.3 is 9.47 Å². The van der Waals surface area contributed by atoms with Crippen molar-refractivity contribution in [3.8, 4) is 0 Å². The molecule has 122 valence electrons. The van der Waals surface area contributed by atoms with Crippen LogP contribution in [0.25, 0.3) is 10.9 Å². The first kappa shape index (κ1) is 16.6. The van der Waals surface area contributed by atoms with Crippen molar-refractivity contribution >= 4 is 22.8 Å². The lowest BCUT2D eigenvalue weighted by atomic mass is 10.2. The molecule has 0 saturated heterocycles. The SMILES string of the molecule is COC(=O)CN(CC(=O)OC)Cn1nnc2ccccc2c1=O. The number of nitrogens with zero attached hydrogens (tertiary/aromatic N) is 4. The van der Waals surface area contributed by atoms with E-state index >= 15 is 0 Å². The van der Waals surface area contributed by atoms with Gasteiger partial charge in [0.05, 0.1) is 39.4 Å². The average Bonchev–Trinajstić information content (AvgIpc) is 2.57. The number of ether oxygens (including phenoxy) is 2. The lowest BCUT2D eigenvalue weighted by Gasteiger charge is -2.19. The summed E-state index contributed by atoms with van der Waals surface area (Å²) in [5.41, 5.74) is 0.108. The summed E-state index contributed by atoms with van der Waals surface area (Å²) in [5.74, 6) is -1.09.